The molecule has 0 bridgehead atoms. The zero-order valence-corrected chi connectivity index (χ0v) is 9.07. The van der Waals surface area contributed by atoms with Crippen LogP contribution in [0, 0.1) is 0 Å². The summed E-state index contributed by atoms with van der Waals surface area (Å²) in [4.78, 5) is 4.62. The van der Waals surface area contributed by atoms with Crippen LogP contribution in [0.2, 0.25) is 0 Å². The van der Waals surface area contributed by atoms with Crippen molar-refractivity contribution in [2.75, 3.05) is 12.0 Å². The van der Waals surface area contributed by atoms with Gasteiger partial charge in [-0.3, -0.25) is 4.99 Å². The van der Waals surface area contributed by atoms with Crippen LogP contribution in [0.3, 0.4) is 0 Å². The fourth-order valence-corrected chi connectivity index (χ4v) is 2.99. The van der Waals surface area contributed by atoms with Crippen molar-refractivity contribution in [3.8, 4) is 0 Å². The first-order valence-corrected chi connectivity index (χ1v) is 6.40. The van der Waals surface area contributed by atoms with Crippen molar-refractivity contribution in [2.24, 2.45) is 4.99 Å². The Morgan fingerprint density at radius 1 is 1.38 bits per heavy atom. The van der Waals surface area contributed by atoms with Gasteiger partial charge in [0.15, 0.2) is 0 Å². The monoisotopic (exact) mass is 209 g/mol. The molecule has 1 aliphatic heterocycles. The van der Waals surface area contributed by atoms with Crippen molar-refractivity contribution in [1.82, 2.24) is 0 Å². The second-order valence-electron chi connectivity index (χ2n) is 2.84. The van der Waals surface area contributed by atoms with Gasteiger partial charge in [-0.25, -0.2) is 0 Å². The molecule has 68 valence electrons. The molecular weight excluding hydrogens is 198 g/mol. The zero-order chi connectivity index (χ0) is 9.10. The quantitative estimate of drug-likeness (QED) is 0.704. The maximum absolute atomic E-state index is 4.62. The smallest absolute Gasteiger partial charge is 0.125 e. The van der Waals surface area contributed by atoms with Gasteiger partial charge in [-0.15, -0.1) is 11.8 Å². The van der Waals surface area contributed by atoms with Crippen molar-refractivity contribution < 1.29 is 0 Å². The summed E-state index contributed by atoms with van der Waals surface area (Å²) in [6.45, 7) is 0. The minimum Gasteiger partial charge on any atom is -0.263 e. The Hall–Kier alpha value is -0.410. The Balaban J connectivity index is 2.16. The SMILES string of the molecule is CSC1=N[C@H](c2ccccc2)CS1. The summed E-state index contributed by atoms with van der Waals surface area (Å²) in [7, 11) is 0. The average molecular weight is 209 g/mol. The van der Waals surface area contributed by atoms with Crippen molar-refractivity contribution in [3.05, 3.63) is 35.9 Å². The van der Waals surface area contributed by atoms with Gasteiger partial charge in [0, 0.05) is 5.75 Å². The van der Waals surface area contributed by atoms with E-state index < -0.39 is 0 Å². The molecule has 13 heavy (non-hydrogen) atoms. The first-order valence-electron chi connectivity index (χ1n) is 4.19. The van der Waals surface area contributed by atoms with E-state index in [2.05, 4.69) is 35.5 Å². The molecule has 0 aliphatic carbocycles. The summed E-state index contributed by atoms with van der Waals surface area (Å²) < 4.78 is 1.22. The van der Waals surface area contributed by atoms with E-state index >= 15 is 0 Å². The molecule has 0 spiro atoms. The van der Waals surface area contributed by atoms with Gasteiger partial charge >= 0.3 is 0 Å². The van der Waals surface area contributed by atoms with E-state index in [1.165, 1.54) is 9.94 Å². The minimum absolute atomic E-state index is 0.383. The van der Waals surface area contributed by atoms with Gasteiger partial charge in [0.1, 0.15) is 4.38 Å². The predicted molar refractivity (Wildman–Crippen MR) is 62.6 cm³/mol. The Bertz CT molecular complexity index is 308. The molecular formula is C10H11NS2. The third-order valence-corrected chi connectivity index (χ3v) is 4.13. The zero-order valence-electron chi connectivity index (χ0n) is 7.43. The van der Waals surface area contributed by atoms with Gasteiger partial charge in [0.2, 0.25) is 0 Å². The lowest BCUT2D eigenvalue weighted by Crippen LogP contribution is -1.92. The Morgan fingerprint density at radius 3 is 2.77 bits per heavy atom. The van der Waals surface area contributed by atoms with E-state index in [-0.39, 0.29) is 0 Å². The van der Waals surface area contributed by atoms with Gasteiger partial charge in [0.05, 0.1) is 6.04 Å². The fraction of sp³-hybridized carbons (Fsp3) is 0.300. The molecule has 2 rings (SSSR count). The van der Waals surface area contributed by atoms with E-state index in [1.807, 2.05) is 17.8 Å². The number of aliphatic imine (C=N–C) groups is 1. The van der Waals surface area contributed by atoms with E-state index in [0.717, 1.165) is 5.75 Å². The molecule has 0 radical (unpaired) electrons. The summed E-state index contributed by atoms with van der Waals surface area (Å²) in [6, 6.07) is 10.9. The lowest BCUT2D eigenvalue weighted by atomic mass is 10.1. The third-order valence-electron chi connectivity index (χ3n) is 1.98. The number of nitrogens with zero attached hydrogens (tertiary/aromatic N) is 1. The highest BCUT2D eigenvalue weighted by Crippen LogP contribution is 2.33. The van der Waals surface area contributed by atoms with Gasteiger partial charge in [-0.1, -0.05) is 42.1 Å². The molecule has 1 nitrogen and oxygen atoms in total. The Kier molecular flexibility index (Phi) is 2.96. The van der Waals surface area contributed by atoms with Gasteiger partial charge in [-0.05, 0) is 11.8 Å². The van der Waals surface area contributed by atoms with Crippen molar-refractivity contribution >= 4 is 27.9 Å². The summed E-state index contributed by atoms with van der Waals surface area (Å²) in [6.07, 6.45) is 2.08. The van der Waals surface area contributed by atoms with E-state index in [4.69, 9.17) is 0 Å². The van der Waals surface area contributed by atoms with E-state index in [1.54, 1.807) is 11.8 Å². The van der Waals surface area contributed by atoms with Crippen LogP contribution in [-0.2, 0) is 0 Å². The molecule has 0 unspecified atom stereocenters. The van der Waals surface area contributed by atoms with Crippen LogP contribution >= 0.6 is 23.5 Å². The van der Waals surface area contributed by atoms with Crippen LogP contribution in [0.4, 0.5) is 0 Å². The van der Waals surface area contributed by atoms with Crippen molar-refractivity contribution in [2.45, 2.75) is 6.04 Å². The van der Waals surface area contributed by atoms with Crippen LogP contribution in [0.25, 0.3) is 0 Å². The Labute approximate surface area is 87.0 Å². The highest BCUT2D eigenvalue weighted by atomic mass is 32.2. The second-order valence-corrected chi connectivity index (χ2v) is 4.90. The van der Waals surface area contributed by atoms with Crippen molar-refractivity contribution in [3.63, 3.8) is 0 Å². The molecule has 0 N–H and O–H groups in total. The molecule has 1 heterocycles. The first kappa shape index (κ1) is 9.16. The molecule has 0 amide bonds. The lowest BCUT2D eigenvalue weighted by molar-refractivity contribution is 0.851. The van der Waals surface area contributed by atoms with Crippen LogP contribution in [0.1, 0.15) is 11.6 Å². The molecule has 0 saturated heterocycles. The van der Waals surface area contributed by atoms with E-state index in [0.29, 0.717) is 6.04 Å². The highest BCUT2D eigenvalue weighted by Gasteiger charge is 2.18. The fourth-order valence-electron chi connectivity index (χ4n) is 1.31. The number of thioether (sulfide) groups is 2. The summed E-state index contributed by atoms with van der Waals surface area (Å²) in [5.41, 5.74) is 1.33. The third kappa shape index (κ3) is 2.09. The lowest BCUT2D eigenvalue weighted by Gasteiger charge is -2.04. The molecule has 1 aromatic carbocycles. The molecule has 3 heteroatoms. The van der Waals surface area contributed by atoms with Gasteiger partial charge in [-0.2, -0.15) is 0 Å². The van der Waals surface area contributed by atoms with Crippen LogP contribution in [-0.4, -0.2) is 16.4 Å². The normalized spacial score (nSPS) is 21.6. The Morgan fingerprint density at radius 2 is 2.15 bits per heavy atom. The summed E-state index contributed by atoms with van der Waals surface area (Å²) >= 11 is 3.60. The van der Waals surface area contributed by atoms with Crippen molar-refractivity contribution in [1.29, 1.82) is 0 Å². The number of benzene rings is 1. The molecule has 0 saturated carbocycles. The van der Waals surface area contributed by atoms with Gasteiger partial charge < -0.3 is 0 Å². The van der Waals surface area contributed by atoms with E-state index in [9.17, 15) is 0 Å². The largest absolute Gasteiger partial charge is 0.263 e. The standard InChI is InChI=1S/C10H11NS2/c1-12-10-11-9(7-13-10)8-5-3-2-4-6-8/h2-6,9H,7H2,1H3/t9-/m0/s1. The van der Waals surface area contributed by atoms with Crippen LogP contribution in [0.15, 0.2) is 35.3 Å². The molecule has 0 aromatic heterocycles. The maximum Gasteiger partial charge on any atom is 0.125 e. The topological polar surface area (TPSA) is 12.4 Å². The molecule has 1 aromatic rings. The average Bonchev–Trinajstić information content (AvgIpc) is 2.67. The second kappa shape index (κ2) is 4.20. The molecule has 1 aliphatic rings. The van der Waals surface area contributed by atoms with Crippen LogP contribution in [0.5, 0.6) is 0 Å². The predicted octanol–water partition coefficient (Wildman–Crippen LogP) is 3.19. The summed E-state index contributed by atoms with van der Waals surface area (Å²) in [5, 5.41) is 0. The minimum atomic E-state index is 0.383. The van der Waals surface area contributed by atoms with Gasteiger partial charge in [0.25, 0.3) is 0 Å². The van der Waals surface area contributed by atoms with Crippen LogP contribution < -0.4 is 0 Å². The highest BCUT2D eigenvalue weighted by molar-refractivity contribution is 8.38. The number of rotatable bonds is 1. The molecule has 0 fully saturated rings. The first-order chi connectivity index (χ1) is 6.40. The summed E-state index contributed by atoms with van der Waals surface area (Å²) in [5.74, 6) is 1.10. The number of hydrogen-bond acceptors (Lipinski definition) is 3. The molecule has 1 atom stereocenters. The maximum atomic E-state index is 4.62. The number of hydrogen-bond donors (Lipinski definition) is 0.